The van der Waals surface area contributed by atoms with Crippen LogP contribution in [0.25, 0.3) is 0 Å². The van der Waals surface area contributed by atoms with Crippen LogP contribution in [-0.2, 0) is 0 Å². The fourth-order valence-electron chi connectivity index (χ4n) is 4.54. The highest BCUT2D eigenvalue weighted by Crippen LogP contribution is 2.41. The molecule has 2 nitrogen and oxygen atoms in total. The number of nitrogens with zero attached hydrogens (tertiary/aromatic N) is 1. The molecule has 1 aliphatic heterocycles. The van der Waals surface area contributed by atoms with Crippen molar-refractivity contribution in [3.63, 3.8) is 0 Å². The van der Waals surface area contributed by atoms with Crippen molar-refractivity contribution >= 4 is 0 Å². The molecule has 0 amide bonds. The minimum absolute atomic E-state index is 0.306. The standard InChI is InChI=1S/C16H32N2/c1-12-6-5-7-16(9-12,11-17)18-10-13(2)8-14(3)15(18)4/h12-15H,5-11,17H2,1-4H3. The van der Waals surface area contributed by atoms with E-state index in [4.69, 9.17) is 5.73 Å². The van der Waals surface area contributed by atoms with Gasteiger partial charge in [0.15, 0.2) is 0 Å². The van der Waals surface area contributed by atoms with E-state index in [0.717, 1.165) is 24.3 Å². The molecule has 0 radical (unpaired) electrons. The van der Waals surface area contributed by atoms with Crippen LogP contribution in [0, 0.1) is 17.8 Å². The van der Waals surface area contributed by atoms with E-state index in [1.165, 1.54) is 38.6 Å². The van der Waals surface area contributed by atoms with Crippen molar-refractivity contribution in [1.82, 2.24) is 4.90 Å². The number of nitrogens with two attached hydrogens (primary N) is 1. The lowest BCUT2D eigenvalue weighted by Crippen LogP contribution is -2.63. The molecule has 0 spiro atoms. The molecule has 0 bridgehead atoms. The largest absolute Gasteiger partial charge is 0.329 e. The van der Waals surface area contributed by atoms with Crippen molar-refractivity contribution in [2.45, 2.75) is 71.4 Å². The predicted molar refractivity (Wildman–Crippen MR) is 78.5 cm³/mol. The Bertz CT molecular complexity index is 278. The van der Waals surface area contributed by atoms with Crippen LogP contribution in [0.15, 0.2) is 0 Å². The normalized spacial score (nSPS) is 47.2. The smallest absolute Gasteiger partial charge is 0.0337 e. The van der Waals surface area contributed by atoms with Crippen LogP contribution in [-0.4, -0.2) is 29.6 Å². The molecular formula is C16H32N2. The summed E-state index contributed by atoms with van der Waals surface area (Å²) in [6, 6.07) is 0.704. The van der Waals surface area contributed by atoms with Crippen LogP contribution in [0.5, 0.6) is 0 Å². The van der Waals surface area contributed by atoms with E-state index in [1.54, 1.807) is 0 Å². The molecule has 1 heterocycles. The lowest BCUT2D eigenvalue weighted by Gasteiger charge is -2.55. The molecule has 1 aliphatic carbocycles. The van der Waals surface area contributed by atoms with Gasteiger partial charge in [0.2, 0.25) is 0 Å². The third-order valence-electron chi connectivity index (χ3n) is 5.65. The maximum absolute atomic E-state index is 6.24. The van der Waals surface area contributed by atoms with Crippen LogP contribution < -0.4 is 5.73 Å². The molecular weight excluding hydrogens is 220 g/mol. The molecule has 1 saturated carbocycles. The van der Waals surface area contributed by atoms with Gasteiger partial charge in [-0.3, -0.25) is 4.90 Å². The Balaban J connectivity index is 2.19. The first kappa shape index (κ1) is 14.3. The van der Waals surface area contributed by atoms with Gasteiger partial charge in [-0.25, -0.2) is 0 Å². The summed E-state index contributed by atoms with van der Waals surface area (Å²) in [5.41, 5.74) is 6.55. The van der Waals surface area contributed by atoms with Crippen LogP contribution >= 0.6 is 0 Å². The Hall–Kier alpha value is -0.0800. The summed E-state index contributed by atoms with van der Waals surface area (Å²) < 4.78 is 0. The summed E-state index contributed by atoms with van der Waals surface area (Å²) in [5.74, 6) is 2.49. The van der Waals surface area contributed by atoms with Gasteiger partial charge in [0, 0.05) is 24.7 Å². The molecule has 5 atom stereocenters. The molecule has 2 heteroatoms. The van der Waals surface area contributed by atoms with E-state index >= 15 is 0 Å². The highest BCUT2D eigenvalue weighted by Gasteiger charge is 2.44. The van der Waals surface area contributed by atoms with Crippen molar-refractivity contribution in [3.8, 4) is 0 Å². The van der Waals surface area contributed by atoms with E-state index in [2.05, 4.69) is 32.6 Å². The Morgan fingerprint density at radius 1 is 1.17 bits per heavy atom. The number of likely N-dealkylation sites (tertiary alicyclic amines) is 1. The number of rotatable bonds is 2. The molecule has 0 aromatic carbocycles. The molecule has 2 fully saturated rings. The second-order valence-corrected chi connectivity index (χ2v) is 7.34. The Kier molecular flexibility index (Phi) is 4.38. The zero-order valence-corrected chi connectivity index (χ0v) is 12.8. The summed E-state index contributed by atoms with van der Waals surface area (Å²) in [6.07, 6.45) is 6.78. The topological polar surface area (TPSA) is 29.3 Å². The molecule has 2 aliphatic rings. The van der Waals surface area contributed by atoms with E-state index in [-0.39, 0.29) is 0 Å². The van der Waals surface area contributed by atoms with Gasteiger partial charge in [0.25, 0.3) is 0 Å². The third kappa shape index (κ3) is 2.60. The second kappa shape index (κ2) is 5.50. The minimum Gasteiger partial charge on any atom is -0.329 e. The fraction of sp³-hybridized carbons (Fsp3) is 1.00. The molecule has 2 rings (SSSR count). The fourth-order valence-corrected chi connectivity index (χ4v) is 4.54. The van der Waals surface area contributed by atoms with E-state index in [1.807, 2.05) is 0 Å². The molecule has 18 heavy (non-hydrogen) atoms. The second-order valence-electron chi connectivity index (χ2n) is 7.34. The Labute approximate surface area is 113 Å². The quantitative estimate of drug-likeness (QED) is 0.817. The number of hydrogen-bond acceptors (Lipinski definition) is 2. The highest BCUT2D eigenvalue weighted by molar-refractivity contribution is 5.00. The number of piperidine rings is 1. The van der Waals surface area contributed by atoms with Gasteiger partial charge >= 0.3 is 0 Å². The van der Waals surface area contributed by atoms with Gasteiger partial charge in [-0.05, 0) is 43.9 Å². The minimum atomic E-state index is 0.306. The van der Waals surface area contributed by atoms with Crippen molar-refractivity contribution < 1.29 is 0 Å². The van der Waals surface area contributed by atoms with Crippen LogP contribution in [0.4, 0.5) is 0 Å². The van der Waals surface area contributed by atoms with Gasteiger partial charge in [0.05, 0.1) is 0 Å². The van der Waals surface area contributed by atoms with Crippen molar-refractivity contribution in [3.05, 3.63) is 0 Å². The maximum Gasteiger partial charge on any atom is 0.0337 e. The number of hydrogen-bond donors (Lipinski definition) is 1. The predicted octanol–water partition coefficient (Wildman–Crippen LogP) is 3.26. The summed E-state index contributed by atoms with van der Waals surface area (Å²) >= 11 is 0. The summed E-state index contributed by atoms with van der Waals surface area (Å²) in [4.78, 5) is 2.79. The third-order valence-corrected chi connectivity index (χ3v) is 5.65. The lowest BCUT2D eigenvalue weighted by atomic mass is 9.72. The highest BCUT2D eigenvalue weighted by atomic mass is 15.2. The van der Waals surface area contributed by atoms with Crippen LogP contribution in [0.3, 0.4) is 0 Å². The first-order valence-electron chi connectivity index (χ1n) is 7.95. The molecule has 0 aromatic heterocycles. The Morgan fingerprint density at radius 3 is 2.50 bits per heavy atom. The molecule has 5 unspecified atom stereocenters. The SMILES string of the molecule is CC1CC(C)C(C)N(C2(CN)CCCC(C)C2)C1. The molecule has 1 saturated heterocycles. The van der Waals surface area contributed by atoms with E-state index < -0.39 is 0 Å². The van der Waals surface area contributed by atoms with E-state index in [0.29, 0.717) is 11.6 Å². The monoisotopic (exact) mass is 252 g/mol. The van der Waals surface area contributed by atoms with Gasteiger partial charge < -0.3 is 5.73 Å². The first-order chi connectivity index (χ1) is 8.48. The van der Waals surface area contributed by atoms with Gasteiger partial charge in [0.1, 0.15) is 0 Å². The average molecular weight is 252 g/mol. The van der Waals surface area contributed by atoms with Crippen molar-refractivity contribution in [2.24, 2.45) is 23.5 Å². The van der Waals surface area contributed by atoms with Crippen LogP contribution in [0.2, 0.25) is 0 Å². The molecule has 2 N–H and O–H groups in total. The summed E-state index contributed by atoms with van der Waals surface area (Å²) in [7, 11) is 0. The maximum atomic E-state index is 6.24. The van der Waals surface area contributed by atoms with E-state index in [9.17, 15) is 0 Å². The summed E-state index contributed by atoms with van der Waals surface area (Å²) in [6.45, 7) is 11.8. The van der Waals surface area contributed by atoms with Gasteiger partial charge in [-0.1, -0.05) is 33.6 Å². The van der Waals surface area contributed by atoms with Gasteiger partial charge in [-0.2, -0.15) is 0 Å². The first-order valence-corrected chi connectivity index (χ1v) is 7.95. The van der Waals surface area contributed by atoms with Crippen molar-refractivity contribution in [2.75, 3.05) is 13.1 Å². The van der Waals surface area contributed by atoms with Gasteiger partial charge in [-0.15, -0.1) is 0 Å². The Morgan fingerprint density at radius 2 is 1.89 bits per heavy atom. The van der Waals surface area contributed by atoms with Crippen LogP contribution in [0.1, 0.15) is 59.8 Å². The zero-order valence-electron chi connectivity index (χ0n) is 12.8. The summed E-state index contributed by atoms with van der Waals surface area (Å²) in [5, 5.41) is 0. The molecule has 0 aromatic rings. The van der Waals surface area contributed by atoms with Crippen molar-refractivity contribution in [1.29, 1.82) is 0 Å². The lowest BCUT2D eigenvalue weighted by molar-refractivity contribution is -0.0437. The zero-order chi connectivity index (χ0) is 13.3. The average Bonchev–Trinajstić information content (AvgIpc) is 2.33. The molecule has 106 valence electrons.